The maximum absolute atomic E-state index is 11.2. The minimum absolute atomic E-state index is 0.225. The number of pyridine rings is 1. The number of nitrogens with zero attached hydrogens (tertiary/aromatic N) is 2. The molecule has 0 aliphatic carbocycles. The topological polar surface area (TPSA) is 54.8 Å². The summed E-state index contributed by atoms with van der Waals surface area (Å²) in [5.74, 6) is 2.37. The molecule has 5 rings (SSSR count). The molecule has 2 bridgehead atoms. The number of fused-ring (bicyclic) bond motifs is 4. The van der Waals surface area contributed by atoms with E-state index in [4.69, 9.17) is 9.47 Å². The second kappa shape index (κ2) is 10.4. The highest BCUT2D eigenvalue weighted by Gasteiger charge is 2.42. The Morgan fingerprint density at radius 2 is 2.00 bits per heavy atom. The van der Waals surface area contributed by atoms with Gasteiger partial charge in [-0.05, 0) is 74.9 Å². The molecule has 3 aliphatic rings. The van der Waals surface area contributed by atoms with Gasteiger partial charge in [0.25, 0.3) is 0 Å². The Labute approximate surface area is 175 Å². The molecule has 3 saturated heterocycles. The van der Waals surface area contributed by atoms with Crippen LogP contribution in [0.2, 0.25) is 0 Å². The first-order valence-electron chi connectivity index (χ1n) is 11.0. The third kappa shape index (κ3) is 4.90. The monoisotopic (exact) mass is 400 g/mol. The number of methoxy groups -OCH3 is 1. The second-order valence-electron chi connectivity index (χ2n) is 8.02. The summed E-state index contributed by atoms with van der Waals surface area (Å²) in [6.07, 6.45) is 4.97. The molecular weight excluding hydrogens is 364 g/mol. The van der Waals surface area contributed by atoms with E-state index in [0.717, 1.165) is 66.8 Å². The van der Waals surface area contributed by atoms with E-state index >= 15 is 0 Å². The van der Waals surface area contributed by atoms with E-state index in [1.807, 2.05) is 38.1 Å². The highest BCUT2D eigenvalue weighted by Crippen LogP contribution is 2.42. The average molecular weight is 401 g/mol. The number of benzene rings is 1. The van der Waals surface area contributed by atoms with E-state index in [1.54, 1.807) is 13.3 Å². The Kier molecular flexibility index (Phi) is 7.87. The Bertz CT molecular complexity index is 780. The maximum atomic E-state index is 11.2. The molecule has 1 aromatic carbocycles. The summed E-state index contributed by atoms with van der Waals surface area (Å²) < 4.78 is 10.2. The number of aliphatic hydroxyl groups is 1. The van der Waals surface area contributed by atoms with Crippen molar-refractivity contribution in [2.45, 2.75) is 52.2 Å². The SMILES string of the molecule is CCOCC.CC[C@H]1C[N@]2CC[C@H]1C[C@H]2[C@H](O)c1ccnc2ccc(OC)cc12. The fourth-order valence-electron chi connectivity index (χ4n) is 4.91. The predicted octanol–water partition coefficient (Wildman–Crippen LogP) is 4.44. The average Bonchev–Trinajstić information content (AvgIpc) is 2.78. The zero-order valence-corrected chi connectivity index (χ0v) is 18.3. The van der Waals surface area contributed by atoms with E-state index in [0.29, 0.717) is 0 Å². The highest BCUT2D eigenvalue weighted by atomic mass is 16.5. The van der Waals surface area contributed by atoms with Crippen LogP contribution >= 0.6 is 0 Å². The molecule has 4 heterocycles. The first kappa shape index (κ1) is 22.0. The maximum Gasteiger partial charge on any atom is 0.119 e. The number of piperidine rings is 3. The number of aromatic nitrogens is 1. The molecule has 0 unspecified atom stereocenters. The summed E-state index contributed by atoms with van der Waals surface area (Å²) >= 11 is 0. The first-order chi connectivity index (χ1) is 14.1. The lowest BCUT2D eigenvalue weighted by Gasteiger charge is -2.51. The van der Waals surface area contributed by atoms with Gasteiger partial charge in [0.15, 0.2) is 0 Å². The molecule has 160 valence electrons. The van der Waals surface area contributed by atoms with E-state index in [1.165, 1.54) is 12.8 Å². The van der Waals surface area contributed by atoms with Crippen LogP contribution in [0.5, 0.6) is 5.75 Å². The predicted molar refractivity (Wildman–Crippen MR) is 117 cm³/mol. The van der Waals surface area contributed by atoms with Crippen LogP contribution in [0.1, 0.15) is 51.7 Å². The lowest BCUT2D eigenvalue weighted by Crippen LogP contribution is -2.55. The molecule has 0 amide bonds. The Balaban J connectivity index is 0.000000431. The van der Waals surface area contributed by atoms with E-state index in [-0.39, 0.29) is 6.04 Å². The number of ether oxygens (including phenoxy) is 2. The summed E-state index contributed by atoms with van der Waals surface area (Å²) in [5.41, 5.74) is 1.89. The third-order valence-corrected chi connectivity index (χ3v) is 6.53. The number of hydrogen-bond donors (Lipinski definition) is 1. The lowest BCUT2D eigenvalue weighted by molar-refractivity contribution is -0.0562. The van der Waals surface area contributed by atoms with Crippen LogP contribution in [-0.2, 0) is 4.74 Å². The van der Waals surface area contributed by atoms with Gasteiger partial charge in [-0.3, -0.25) is 9.88 Å². The van der Waals surface area contributed by atoms with Crippen molar-refractivity contribution in [1.82, 2.24) is 9.88 Å². The summed E-state index contributed by atoms with van der Waals surface area (Å²) in [4.78, 5) is 6.94. The molecule has 5 atom stereocenters. The van der Waals surface area contributed by atoms with Gasteiger partial charge in [0.2, 0.25) is 0 Å². The molecule has 3 aliphatic heterocycles. The minimum Gasteiger partial charge on any atom is -0.497 e. The van der Waals surface area contributed by atoms with Crippen LogP contribution in [0.4, 0.5) is 0 Å². The normalized spacial score (nSPS) is 26.7. The van der Waals surface area contributed by atoms with Gasteiger partial charge >= 0.3 is 0 Å². The molecule has 0 spiro atoms. The standard InChI is InChI=1S/C20H26N2O2.C4H10O/c1-3-13-12-22-9-7-14(13)10-19(22)20(23)16-6-8-21-18-5-4-15(24-2)11-17(16)18;1-3-5-4-2/h4-6,8,11,13-14,19-20,23H,3,7,9-10,12H2,1-2H3;3-4H2,1-2H3/t13-,14-,19-,20+;/m0./s1. The first-order valence-corrected chi connectivity index (χ1v) is 11.0. The van der Waals surface area contributed by atoms with Crippen molar-refractivity contribution in [3.63, 3.8) is 0 Å². The van der Waals surface area contributed by atoms with E-state index in [9.17, 15) is 5.11 Å². The van der Waals surface area contributed by atoms with E-state index in [2.05, 4.69) is 16.8 Å². The molecule has 5 heteroatoms. The van der Waals surface area contributed by atoms with Gasteiger partial charge in [-0.2, -0.15) is 0 Å². The number of aliphatic hydroxyl groups excluding tert-OH is 1. The quantitative estimate of drug-likeness (QED) is 0.777. The summed E-state index contributed by atoms with van der Waals surface area (Å²) in [7, 11) is 1.67. The van der Waals surface area contributed by atoms with Crippen molar-refractivity contribution >= 4 is 10.9 Å². The van der Waals surface area contributed by atoms with Crippen LogP contribution < -0.4 is 4.74 Å². The van der Waals surface area contributed by atoms with Crippen LogP contribution in [0.25, 0.3) is 10.9 Å². The smallest absolute Gasteiger partial charge is 0.119 e. The van der Waals surface area contributed by atoms with Crippen LogP contribution in [0.3, 0.4) is 0 Å². The Morgan fingerprint density at radius 1 is 1.21 bits per heavy atom. The highest BCUT2D eigenvalue weighted by molar-refractivity contribution is 5.83. The zero-order chi connectivity index (χ0) is 20.8. The van der Waals surface area contributed by atoms with Gasteiger partial charge in [-0.15, -0.1) is 0 Å². The van der Waals surface area contributed by atoms with Crippen molar-refractivity contribution in [3.05, 3.63) is 36.0 Å². The largest absolute Gasteiger partial charge is 0.497 e. The van der Waals surface area contributed by atoms with Crippen LogP contribution in [-0.4, -0.2) is 54.4 Å². The minimum atomic E-state index is -0.469. The molecule has 1 N–H and O–H groups in total. The molecule has 3 fully saturated rings. The fraction of sp³-hybridized carbons (Fsp3) is 0.625. The number of hydrogen-bond acceptors (Lipinski definition) is 5. The van der Waals surface area contributed by atoms with Gasteiger partial charge < -0.3 is 14.6 Å². The fourth-order valence-corrected chi connectivity index (χ4v) is 4.91. The van der Waals surface area contributed by atoms with Crippen molar-refractivity contribution < 1.29 is 14.6 Å². The third-order valence-electron chi connectivity index (χ3n) is 6.53. The molecule has 0 saturated carbocycles. The molecular formula is C24H36N2O3. The molecule has 1 aromatic heterocycles. The molecule has 2 aromatic rings. The summed E-state index contributed by atoms with van der Waals surface area (Å²) in [6, 6.07) is 8.07. The zero-order valence-electron chi connectivity index (χ0n) is 18.3. The van der Waals surface area contributed by atoms with Crippen molar-refractivity contribution in [3.8, 4) is 5.75 Å². The van der Waals surface area contributed by atoms with Crippen LogP contribution in [0, 0.1) is 11.8 Å². The number of rotatable bonds is 6. The lowest BCUT2D eigenvalue weighted by atomic mass is 9.72. The molecule has 29 heavy (non-hydrogen) atoms. The molecule has 5 nitrogen and oxygen atoms in total. The van der Waals surface area contributed by atoms with Crippen molar-refractivity contribution in [2.24, 2.45) is 11.8 Å². The van der Waals surface area contributed by atoms with Gasteiger partial charge in [0.1, 0.15) is 5.75 Å². The second-order valence-corrected chi connectivity index (χ2v) is 8.02. The van der Waals surface area contributed by atoms with Crippen LogP contribution in [0.15, 0.2) is 30.5 Å². The Hall–Kier alpha value is -1.69. The van der Waals surface area contributed by atoms with Crippen molar-refractivity contribution in [1.29, 1.82) is 0 Å². The van der Waals surface area contributed by atoms with Crippen molar-refractivity contribution in [2.75, 3.05) is 33.4 Å². The molecule has 0 radical (unpaired) electrons. The van der Waals surface area contributed by atoms with Gasteiger partial charge in [-0.25, -0.2) is 0 Å². The van der Waals surface area contributed by atoms with Gasteiger partial charge in [0.05, 0.1) is 18.7 Å². The summed E-state index contributed by atoms with van der Waals surface area (Å²) in [6.45, 7) is 10.2. The van der Waals surface area contributed by atoms with Gasteiger partial charge in [0, 0.05) is 37.4 Å². The Morgan fingerprint density at radius 3 is 2.59 bits per heavy atom. The summed E-state index contributed by atoms with van der Waals surface area (Å²) in [5, 5.41) is 12.2. The van der Waals surface area contributed by atoms with E-state index < -0.39 is 6.10 Å². The van der Waals surface area contributed by atoms with Gasteiger partial charge in [-0.1, -0.05) is 13.3 Å².